The Labute approximate surface area is 143 Å². The molecule has 2 saturated carbocycles. The lowest BCUT2D eigenvalue weighted by Gasteiger charge is -2.30. The van der Waals surface area contributed by atoms with Crippen LogP contribution in [0.25, 0.3) is 0 Å². The second kappa shape index (κ2) is 5.60. The van der Waals surface area contributed by atoms with Crippen molar-refractivity contribution in [1.82, 2.24) is 15.8 Å². The molecular weight excluding hydrogens is 306 g/mol. The summed E-state index contributed by atoms with van der Waals surface area (Å²) in [4.78, 5) is 37.5. The molecule has 0 aromatic heterocycles. The van der Waals surface area contributed by atoms with Crippen molar-refractivity contribution in [3.05, 3.63) is 11.6 Å². The Morgan fingerprint density at radius 1 is 1.21 bits per heavy atom. The van der Waals surface area contributed by atoms with E-state index in [1.165, 1.54) is 5.57 Å². The van der Waals surface area contributed by atoms with Gasteiger partial charge in [0.25, 0.3) is 5.91 Å². The topological polar surface area (TPSA) is 78.5 Å². The van der Waals surface area contributed by atoms with Crippen molar-refractivity contribution in [2.45, 2.75) is 65.3 Å². The highest BCUT2D eigenvalue weighted by atomic mass is 16.2. The number of nitrogens with one attached hydrogen (secondary N) is 2. The fraction of sp³-hybridized carbons (Fsp3) is 0.722. The molecule has 1 aliphatic heterocycles. The minimum atomic E-state index is -0.805. The predicted octanol–water partition coefficient (Wildman–Crippen LogP) is 2.51. The molecule has 1 saturated heterocycles. The van der Waals surface area contributed by atoms with Crippen LogP contribution in [0.5, 0.6) is 0 Å². The molecule has 2 atom stereocenters. The molecule has 0 aromatic carbocycles. The van der Waals surface area contributed by atoms with Gasteiger partial charge in [-0.2, -0.15) is 5.01 Å². The Kier molecular flexibility index (Phi) is 3.97. The first kappa shape index (κ1) is 17.0. The monoisotopic (exact) mass is 333 g/mol. The van der Waals surface area contributed by atoms with Gasteiger partial charge >= 0.3 is 6.03 Å². The number of amides is 4. The van der Waals surface area contributed by atoms with E-state index < -0.39 is 11.6 Å². The molecule has 24 heavy (non-hydrogen) atoms. The summed E-state index contributed by atoms with van der Waals surface area (Å²) in [6, 6.07) is -0.507. The largest absolute Gasteiger partial charge is 0.344 e. The number of allylic oxidation sites excluding steroid dienone is 2. The highest BCUT2D eigenvalue weighted by Gasteiger charge is 2.61. The third-order valence-corrected chi connectivity index (χ3v) is 5.80. The normalized spacial score (nSPS) is 30.1. The smallest absolute Gasteiger partial charge is 0.322 e. The molecular formula is C18H27N3O3. The van der Waals surface area contributed by atoms with Crippen molar-refractivity contribution in [1.29, 1.82) is 0 Å². The number of hydrazine groups is 1. The van der Waals surface area contributed by atoms with E-state index in [-0.39, 0.29) is 29.1 Å². The summed E-state index contributed by atoms with van der Waals surface area (Å²) in [7, 11) is 0. The van der Waals surface area contributed by atoms with Gasteiger partial charge in [-0.05, 0) is 38.0 Å². The molecule has 4 amide bonds. The Morgan fingerprint density at radius 2 is 1.83 bits per heavy atom. The zero-order valence-corrected chi connectivity index (χ0v) is 14.9. The van der Waals surface area contributed by atoms with Crippen molar-refractivity contribution >= 4 is 17.8 Å². The number of carbonyl (C=O) groups is 3. The molecule has 6 nitrogen and oxygen atoms in total. The molecule has 2 aliphatic carbocycles. The van der Waals surface area contributed by atoms with Crippen molar-refractivity contribution in [2.75, 3.05) is 0 Å². The van der Waals surface area contributed by atoms with Crippen LogP contribution < -0.4 is 10.7 Å². The molecule has 0 bridgehead atoms. The molecule has 1 spiro atoms. The van der Waals surface area contributed by atoms with E-state index >= 15 is 0 Å². The highest BCUT2D eigenvalue weighted by molar-refractivity contribution is 6.08. The maximum atomic E-state index is 12.7. The molecule has 3 fully saturated rings. The summed E-state index contributed by atoms with van der Waals surface area (Å²) in [6.07, 6.45) is 6.33. The number of carbonyl (C=O) groups excluding carboxylic acids is 3. The minimum Gasteiger partial charge on any atom is -0.322 e. The number of hydrogen-bond acceptors (Lipinski definition) is 3. The van der Waals surface area contributed by atoms with Crippen LogP contribution in [0.3, 0.4) is 0 Å². The zero-order chi connectivity index (χ0) is 17.7. The van der Waals surface area contributed by atoms with E-state index in [1.807, 2.05) is 27.7 Å². The van der Waals surface area contributed by atoms with Gasteiger partial charge < -0.3 is 5.32 Å². The van der Waals surface area contributed by atoms with Gasteiger partial charge in [0.1, 0.15) is 5.54 Å². The molecule has 0 unspecified atom stereocenters. The maximum Gasteiger partial charge on any atom is 0.344 e. The first-order chi connectivity index (χ1) is 11.2. The van der Waals surface area contributed by atoms with Gasteiger partial charge in [0.15, 0.2) is 0 Å². The van der Waals surface area contributed by atoms with Crippen molar-refractivity contribution < 1.29 is 14.4 Å². The average Bonchev–Trinajstić information content (AvgIpc) is 2.96. The lowest BCUT2D eigenvalue weighted by molar-refractivity contribution is -0.140. The third kappa shape index (κ3) is 2.62. The Balaban J connectivity index is 1.70. The van der Waals surface area contributed by atoms with Crippen LogP contribution in [0.4, 0.5) is 4.79 Å². The first-order valence-electron chi connectivity index (χ1n) is 8.81. The van der Waals surface area contributed by atoms with Crippen LogP contribution in [0.2, 0.25) is 0 Å². The molecule has 2 N–H and O–H groups in total. The summed E-state index contributed by atoms with van der Waals surface area (Å²) in [5, 5.41) is 3.71. The van der Waals surface area contributed by atoms with Gasteiger partial charge in [-0.3, -0.25) is 15.0 Å². The van der Waals surface area contributed by atoms with Gasteiger partial charge in [-0.25, -0.2) is 4.79 Å². The zero-order valence-electron chi connectivity index (χ0n) is 14.9. The van der Waals surface area contributed by atoms with Crippen LogP contribution in [-0.2, 0) is 9.59 Å². The maximum absolute atomic E-state index is 12.7. The van der Waals surface area contributed by atoms with Gasteiger partial charge in [0.2, 0.25) is 5.91 Å². The number of imide groups is 1. The molecule has 3 rings (SSSR count). The summed E-state index contributed by atoms with van der Waals surface area (Å²) < 4.78 is 0. The van der Waals surface area contributed by atoms with E-state index in [0.29, 0.717) is 12.8 Å². The summed E-state index contributed by atoms with van der Waals surface area (Å²) in [5.74, 6) is -0.626. The second-order valence-electron chi connectivity index (χ2n) is 8.26. The molecule has 1 heterocycles. The molecule has 132 valence electrons. The highest BCUT2D eigenvalue weighted by Crippen LogP contribution is 2.59. The summed E-state index contributed by atoms with van der Waals surface area (Å²) in [6.45, 7) is 8.09. The van der Waals surface area contributed by atoms with Gasteiger partial charge in [-0.1, -0.05) is 44.8 Å². The van der Waals surface area contributed by atoms with E-state index in [2.05, 4.69) is 16.8 Å². The molecule has 3 aliphatic rings. The van der Waals surface area contributed by atoms with Gasteiger partial charge in [0.05, 0.1) is 5.92 Å². The fourth-order valence-electron chi connectivity index (χ4n) is 4.24. The lowest BCUT2D eigenvalue weighted by atomic mass is 9.82. The number of hydrogen-bond donors (Lipinski definition) is 2. The van der Waals surface area contributed by atoms with Crippen LogP contribution in [0, 0.1) is 17.3 Å². The van der Waals surface area contributed by atoms with E-state index in [4.69, 9.17) is 0 Å². The van der Waals surface area contributed by atoms with Crippen LogP contribution in [0.1, 0.15) is 59.8 Å². The summed E-state index contributed by atoms with van der Waals surface area (Å²) in [5.41, 5.74) is 2.79. The fourth-order valence-corrected chi connectivity index (χ4v) is 4.24. The standard InChI is InChI=1S/C18H27N3O3/c1-11(2)10-12-13(17(12,3)4)14(22)20-21-15(23)18(19-16(21)24)8-6-5-7-9-18/h10,12-13H,5-9H2,1-4H3,(H,19,24)(H,20,22)/t12-,13+/m0/s1. The van der Waals surface area contributed by atoms with E-state index in [1.54, 1.807) is 0 Å². The van der Waals surface area contributed by atoms with E-state index in [0.717, 1.165) is 24.3 Å². The van der Waals surface area contributed by atoms with Gasteiger partial charge in [-0.15, -0.1) is 0 Å². The Bertz CT molecular complexity index is 613. The minimum absolute atomic E-state index is 0.145. The number of rotatable bonds is 3. The van der Waals surface area contributed by atoms with Crippen LogP contribution in [0.15, 0.2) is 11.6 Å². The number of nitrogens with zero attached hydrogens (tertiary/aromatic N) is 1. The average molecular weight is 333 g/mol. The SMILES string of the molecule is CC(C)=C[C@H]1[C@H](C(=O)NN2C(=O)NC3(CCCCC3)C2=O)C1(C)C. The van der Waals surface area contributed by atoms with Crippen LogP contribution in [-0.4, -0.2) is 28.4 Å². The third-order valence-electron chi connectivity index (χ3n) is 5.80. The summed E-state index contributed by atoms with van der Waals surface area (Å²) >= 11 is 0. The van der Waals surface area contributed by atoms with Crippen molar-refractivity contribution in [3.63, 3.8) is 0 Å². The number of urea groups is 1. The molecule has 6 heteroatoms. The Morgan fingerprint density at radius 3 is 2.42 bits per heavy atom. The van der Waals surface area contributed by atoms with E-state index in [9.17, 15) is 14.4 Å². The second-order valence-corrected chi connectivity index (χ2v) is 8.26. The molecule has 0 aromatic rings. The first-order valence-corrected chi connectivity index (χ1v) is 8.81. The van der Waals surface area contributed by atoms with Crippen molar-refractivity contribution in [2.24, 2.45) is 17.3 Å². The van der Waals surface area contributed by atoms with Gasteiger partial charge in [0, 0.05) is 0 Å². The lowest BCUT2D eigenvalue weighted by Crippen LogP contribution is -2.51. The Hall–Kier alpha value is -1.85. The quantitative estimate of drug-likeness (QED) is 0.615. The predicted molar refractivity (Wildman–Crippen MR) is 89.5 cm³/mol. The molecule has 0 radical (unpaired) electrons. The van der Waals surface area contributed by atoms with Crippen molar-refractivity contribution in [3.8, 4) is 0 Å². The van der Waals surface area contributed by atoms with Crippen LogP contribution >= 0.6 is 0 Å².